The number of hydrogen-bond acceptors (Lipinski definition) is 4. The Hall–Kier alpha value is -2.08. The van der Waals surface area contributed by atoms with Crippen LogP contribution in [0.1, 0.15) is 35.4 Å². The van der Waals surface area contributed by atoms with E-state index in [-0.39, 0.29) is 6.04 Å². The number of nitrogens with zero attached hydrogens (tertiary/aromatic N) is 2. The molecule has 3 nitrogen and oxygen atoms in total. The molecule has 0 aliphatic heterocycles. The fourth-order valence-corrected chi connectivity index (χ4v) is 4.34. The van der Waals surface area contributed by atoms with Crippen LogP contribution in [0.15, 0.2) is 24.5 Å². The van der Waals surface area contributed by atoms with Crippen LogP contribution in [-0.4, -0.2) is 9.97 Å². The Morgan fingerprint density at radius 3 is 2.87 bits per heavy atom. The van der Waals surface area contributed by atoms with Crippen molar-refractivity contribution >= 4 is 27.4 Å². The highest BCUT2D eigenvalue weighted by Gasteiger charge is 2.22. The Labute approximate surface area is 136 Å². The number of halogens is 2. The van der Waals surface area contributed by atoms with Crippen LogP contribution >= 0.6 is 11.3 Å². The molecule has 0 amide bonds. The third kappa shape index (κ3) is 2.47. The molecule has 1 atom stereocenters. The largest absolute Gasteiger partial charge is 0.363 e. The van der Waals surface area contributed by atoms with Crippen LogP contribution in [0.2, 0.25) is 0 Å². The summed E-state index contributed by atoms with van der Waals surface area (Å²) in [5, 5.41) is 4.41. The molecule has 1 aliphatic rings. The van der Waals surface area contributed by atoms with Gasteiger partial charge in [-0.1, -0.05) is 6.07 Å². The second-order valence-electron chi connectivity index (χ2n) is 5.80. The minimum atomic E-state index is -0.833. The zero-order valence-corrected chi connectivity index (χ0v) is 13.4. The fraction of sp³-hybridized carbons (Fsp3) is 0.294. The maximum Gasteiger partial charge on any atom is 0.159 e. The van der Waals surface area contributed by atoms with Crippen molar-refractivity contribution in [1.29, 1.82) is 0 Å². The third-order valence-electron chi connectivity index (χ3n) is 4.30. The molecule has 0 bridgehead atoms. The third-order valence-corrected chi connectivity index (χ3v) is 5.50. The second kappa shape index (κ2) is 5.53. The molecule has 0 spiro atoms. The van der Waals surface area contributed by atoms with Crippen LogP contribution in [0, 0.1) is 11.6 Å². The highest BCUT2D eigenvalue weighted by atomic mass is 32.1. The predicted octanol–water partition coefficient (Wildman–Crippen LogP) is 4.63. The van der Waals surface area contributed by atoms with Crippen molar-refractivity contribution in [3.05, 3.63) is 52.2 Å². The molecule has 6 heteroatoms. The van der Waals surface area contributed by atoms with Gasteiger partial charge in [0.25, 0.3) is 0 Å². The van der Waals surface area contributed by atoms with E-state index in [2.05, 4.69) is 15.3 Å². The number of thiophene rings is 1. The number of aromatic nitrogens is 2. The highest BCUT2D eigenvalue weighted by molar-refractivity contribution is 7.19. The Balaban J connectivity index is 1.71. The van der Waals surface area contributed by atoms with E-state index >= 15 is 0 Å². The minimum Gasteiger partial charge on any atom is -0.363 e. The molecule has 1 N–H and O–H groups in total. The van der Waals surface area contributed by atoms with Crippen LogP contribution in [0.3, 0.4) is 0 Å². The average Bonchev–Trinajstić information content (AvgIpc) is 3.10. The summed E-state index contributed by atoms with van der Waals surface area (Å²) >= 11 is 1.73. The van der Waals surface area contributed by atoms with E-state index in [0.717, 1.165) is 34.9 Å². The first kappa shape index (κ1) is 14.5. The zero-order valence-electron chi connectivity index (χ0n) is 12.6. The first-order valence-corrected chi connectivity index (χ1v) is 8.42. The van der Waals surface area contributed by atoms with E-state index in [4.69, 9.17) is 0 Å². The first-order chi connectivity index (χ1) is 11.1. The van der Waals surface area contributed by atoms with Crippen molar-refractivity contribution in [2.24, 2.45) is 0 Å². The molecule has 3 aromatic rings. The Kier molecular flexibility index (Phi) is 3.49. The number of anilines is 1. The van der Waals surface area contributed by atoms with Gasteiger partial charge in [-0.25, -0.2) is 18.7 Å². The molecular formula is C17H15F2N3S. The van der Waals surface area contributed by atoms with E-state index in [0.29, 0.717) is 5.56 Å². The molecule has 4 rings (SSSR count). The van der Waals surface area contributed by atoms with Crippen molar-refractivity contribution in [1.82, 2.24) is 9.97 Å². The molecular weight excluding hydrogens is 316 g/mol. The normalized spacial score (nSPS) is 14.9. The molecule has 0 saturated carbocycles. The molecule has 2 heterocycles. The number of hydrogen-bond donors (Lipinski definition) is 1. The summed E-state index contributed by atoms with van der Waals surface area (Å²) in [5.74, 6) is -0.895. The van der Waals surface area contributed by atoms with E-state index < -0.39 is 11.6 Å². The summed E-state index contributed by atoms with van der Waals surface area (Å²) in [7, 11) is 0. The van der Waals surface area contributed by atoms with Gasteiger partial charge in [-0.2, -0.15) is 0 Å². The number of fused-ring (bicyclic) bond motifs is 3. The summed E-state index contributed by atoms with van der Waals surface area (Å²) in [6.07, 6.45) is 4.88. The second-order valence-corrected chi connectivity index (χ2v) is 6.88. The fourth-order valence-electron chi connectivity index (χ4n) is 3.11. The van der Waals surface area contributed by atoms with Gasteiger partial charge >= 0.3 is 0 Å². The standard InChI is InChI=1S/C17H15F2N3S/c1-9(10-5-6-12(18)13(19)7-10)22-16-15-11-3-2-4-14(11)23-17(15)21-8-20-16/h5-9H,2-4H2,1H3,(H,20,21,22)/t9-/m1/s1. The molecule has 0 fully saturated rings. The van der Waals surface area contributed by atoms with Crippen LogP contribution < -0.4 is 5.32 Å². The van der Waals surface area contributed by atoms with Crippen LogP contribution in [0.4, 0.5) is 14.6 Å². The molecule has 0 unspecified atom stereocenters. The topological polar surface area (TPSA) is 37.8 Å². The van der Waals surface area contributed by atoms with Crippen molar-refractivity contribution in [3.8, 4) is 0 Å². The van der Waals surface area contributed by atoms with Gasteiger partial charge in [0.2, 0.25) is 0 Å². The van der Waals surface area contributed by atoms with Crippen LogP contribution in [-0.2, 0) is 12.8 Å². The minimum absolute atomic E-state index is 0.180. The molecule has 0 radical (unpaired) electrons. The maximum atomic E-state index is 13.4. The number of rotatable bonds is 3. The number of nitrogens with one attached hydrogen (secondary N) is 1. The molecule has 1 aliphatic carbocycles. The van der Waals surface area contributed by atoms with E-state index in [9.17, 15) is 8.78 Å². The van der Waals surface area contributed by atoms with Gasteiger partial charge < -0.3 is 5.32 Å². The molecule has 1 aromatic carbocycles. The monoisotopic (exact) mass is 331 g/mol. The lowest BCUT2D eigenvalue weighted by Crippen LogP contribution is -2.09. The Morgan fingerprint density at radius 1 is 1.17 bits per heavy atom. The molecule has 118 valence electrons. The highest BCUT2D eigenvalue weighted by Crippen LogP contribution is 2.39. The SMILES string of the molecule is C[C@@H](Nc1ncnc2sc3c(c12)CCC3)c1ccc(F)c(F)c1. The van der Waals surface area contributed by atoms with Crippen molar-refractivity contribution < 1.29 is 8.78 Å². The number of benzene rings is 1. The van der Waals surface area contributed by atoms with Crippen LogP contribution in [0.25, 0.3) is 10.2 Å². The van der Waals surface area contributed by atoms with E-state index in [1.165, 1.54) is 22.9 Å². The summed E-state index contributed by atoms with van der Waals surface area (Å²) in [4.78, 5) is 11.1. The Morgan fingerprint density at radius 2 is 2.04 bits per heavy atom. The van der Waals surface area contributed by atoms with Gasteiger partial charge in [-0.05, 0) is 49.4 Å². The van der Waals surface area contributed by atoms with Gasteiger partial charge in [0, 0.05) is 4.88 Å². The quantitative estimate of drug-likeness (QED) is 0.760. The smallest absolute Gasteiger partial charge is 0.159 e. The first-order valence-electron chi connectivity index (χ1n) is 7.60. The summed E-state index contributed by atoms with van der Waals surface area (Å²) < 4.78 is 26.5. The van der Waals surface area contributed by atoms with Crippen molar-refractivity contribution in [3.63, 3.8) is 0 Å². The lowest BCUT2D eigenvalue weighted by atomic mass is 10.1. The lowest BCUT2D eigenvalue weighted by molar-refractivity contribution is 0.506. The Bertz CT molecular complexity index is 891. The van der Waals surface area contributed by atoms with E-state index in [1.54, 1.807) is 23.7 Å². The van der Waals surface area contributed by atoms with Gasteiger partial charge in [0.05, 0.1) is 11.4 Å². The average molecular weight is 331 g/mol. The summed E-state index contributed by atoms with van der Waals surface area (Å²) in [6, 6.07) is 3.79. The van der Waals surface area contributed by atoms with Gasteiger partial charge in [-0.3, -0.25) is 0 Å². The predicted molar refractivity (Wildman–Crippen MR) is 87.8 cm³/mol. The molecule has 23 heavy (non-hydrogen) atoms. The zero-order chi connectivity index (χ0) is 16.0. The number of aryl methyl sites for hydroxylation is 2. The summed E-state index contributed by atoms with van der Waals surface area (Å²) in [6.45, 7) is 1.91. The lowest BCUT2D eigenvalue weighted by Gasteiger charge is -2.16. The van der Waals surface area contributed by atoms with Gasteiger partial charge in [0.1, 0.15) is 17.0 Å². The van der Waals surface area contributed by atoms with Gasteiger partial charge in [0.15, 0.2) is 11.6 Å². The maximum absolute atomic E-state index is 13.4. The van der Waals surface area contributed by atoms with Crippen LogP contribution in [0.5, 0.6) is 0 Å². The molecule has 0 saturated heterocycles. The molecule has 2 aromatic heterocycles. The van der Waals surface area contributed by atoms with Gasteiger partial charge in [-0.15, -0.1) is 11.3 Å². The van der Waals surface area contributed by atoms with Crippen molar-refractivity contribution in [2.45, 2.75) is 32.2 Å². The summed E-state index contributed by atoms with van der Waals surface area (Å²) in [5.41, 5.74) is 2.02. The van der Waals surface area contributed by atoms with Crippen molar-refractivity contribution in [2.75, 3.05) is 5.32 Å². The van der Waals surface area contributed by atoms with E-state index in [1.807, 2.05) is 6.92 Å².